The molecule has 0 atom stereocenters. The smallest absolute Gasteiger partial charge is 0.217 e. The molecule has 0 saturated carbocycles. The minimum absolute atomic E-state index is 0.0817. The van der Waals surface area contributed by atoms with Gasteiger partial charge in [0.05, 0.1) is 27.1 Å². The first kappa shape index (κ1) is 20.3. The first-order chi connectivity index (χ1) is 13.5. The van der Waals surface area contributed by atoms with Crippen LogP contribution in [0.2, 0.25) is 0 Å². The molecule has 0 radical (unpaired) electrons. The standard InChI is InChI=1S/C20H25NO6S/c1-24-17-4-6-18(7-5-17)27-10-11-28(22,23)21-9-8-15-12-19(25-2)20(26-3)13-16(15)14-21/h4-7,12-13H,8-11,14H2,1-3H3. The average molecular weight is 407 g/mol. The van der Waals surface area contributed by atoms with E-state index in [2.05, 4.69) is 0 Å². The van der Waals surface area contributed by atoms with Crippen LogP contribution in [-0.2, 0) is 23.0 Å². The summed E-state index contributed by atoms with van der Waals surface area (Å²) in [6, 6.07) is 10.8. The van der Waals surface area contributed by atoms with Crippen LogP contribution in [0.4, 0.5) is 0 Å². The van der Waals surface area contributed by atoms with Crippen molar-refractivity contribution in [2.24, 2.45) is 0 Å². The Morgan fingerprint density at radius 3 is 2.11 bits per heavy atom. The Morgan fingerprint density at radius 2 is 1.50 bits per heavy atom. The lowest BCUT2D eigenvalue weighted by atomic mass is 10.0. The van der Waals surface area contributed by atoms with E-state index < -0.39 is 10.0 Å². The monoisotopic (exact) mass is 407 g/mol. The van der Waals surface area contributed by atoms with Crippen molar-refractivity contribution >= 4 is 10.0 Å². The number of hydrogen-bond donors (Lipinski definition) is 0. The van der Waals surface area contributed by atoms with Gasteiger partial charge in [-0.15, -0.1) is 0 Å². The Kier molecular flexibility index (Phi) is 6.31. The first-order valence-corrected chi connectivity index (χ1v) is 10.6. The number of nitrogens with zero attached hydrogens (tertiary/aromatic N) is 1. The Hall–Kier alpha value is -2.45. The number of fused-ring (bicyclic) bond motifs is 1. The van der Waals surface area contributed by atoms with E-state index in [4.69, 9.17) is 18.9 Å². The first-order valence-electron chi connectivity index (χ1n) is 8.95. The fraction of sp³-hybridized carbons (Fsp3) is 0.400. The van der Waals surface area contributed by atoms with Gasteiger partial charge in [0.2, 0.25) is 10.0 Å². The van der Waals surface area contributed by atoms with E-state index in [-0.39, 0.29) is 12.4 Å². The van der Waals surface area contributed by atoms with Crippen LogP contribution in [0.15, 0.2) is 36.4 Å². The predicted octanol–water partition coefficient (Wildman–Crippen LogP) is 2.48. The number of benzene rings is 2. The normalized spacial score (nSPS) is 14.2. The van der Waals surface area contributed by atoms with Gasteiger partial charge in [-0.2, -0.15) is 4.31 Å². The second-order valence-electron chi connectivity index (χ2n) is 6.40. The van der Waals surface area contributed by atoms with E-state index >= 15 is 0 Å². The Bertz CT molecular complexity index is 911. The maximum Gasteiger partial charge on any atom is 0.217 e. The molecule has 0 N–H and O–H groups in total. The zero-order chi connectivity index (χ0) is 20.1. The number of ether oxygens (including phenoxy) is 4. The third-order valence-corrected chi connectivity index (χ3v) is 6.53. The van der Waals surface area contributed by atoms with Crippen LogP contribution in [0.1, 0.15) is 11.1 Å². The van der Waals surface area contributed by atoms with E-state index in [1.54, 1.807) is 45.6 Å². The fourth-order valence-corrected chi connectivity index (χ4v) is 4.42. The zero-order valence-corrected chi connectivity index (χ0v) is 17.1. The molecule has 0 fully saturated rings. The van der Waals surface area contributed by atoms with Crippen LogP contribution in [0, 0.1) is 0 Å². The maximum absolute atomic E-state index is 12.7. The highest BCUT2D eigenvalue weighted by atomic mass is 32.2. The molecule has 0 saturated heterocycles. The molecule has 0 bridgehead atoms. The summed E-state index contributed by atoms with van der Waals surface area (Å²) in [4.78, 5) is 0. The van der Waals surface area contributed by atoms with Gasteiger partial charge in [-0.3, -0.25) is 0 Å². The summed E-state index contributed by atoms with van der Waals surface area (Å²) in [5.74, 6) is 2.51. The van der Waals surface area contributed by atoms with Gasteiger partial charge >= 0.3 is 0 Å². The van der Waals surface area contributed by atoms with Gasteiger partial charge in [0, 0.05) is 13.1 Å². The van der Waals surface area contributed by atoms with Crippen molar-refractivity contribution in [3.05, 3.63) is 47.5 Å². The molecule has 0 amide bonds. The zero-order valence-electron chi connectivity index (χ0n) is 16.3. The summed E-state index contributed by atoms with van der Waals surface area (Å²) in [6.45, 7) is 0.845. The second kappa shape index (κ2) is 8.70. The summed E-state index contributed by atoms with van der Waals surface area (Å²) in [5.41, 5.74) is 2.02. The molecule has 7 nitrogen and oxygen atoms in total. The largest absolute Gasteiger partial charge is 0.497 e. The van der Waals surface area contributed by atoms with Crippen molar-refractivity contribution < 1.29 is 27.4 Å². The molecular weight excluding hydrogens is 382 g/mol. The lowest BCUT2D eigenvalue weighted by Gasteiger charge is -2.29. The predicted molar refractivity (Wildman–Crippen MR) is 106 cm³/mol. The number of rotatable bonds is 8. The van der Waals surface area contributed by atoms with Crippen LogP contribution in [0.25, 0.3) is 0 Å². The van der Waals surface area contributed by atoms with Crippen LogP contribution >= 0.6 is 0 Å². The average Bonchev–Trinajstić information content (AvgIpc) is 2.72. The van der Waals surface area contributed by atoms with Gasteiger partial charge in [0.25, 0.3) is 0 Å². The second-order valence-corrected chi connectivity index (χ2v) is 8.49. The molecule has 1 aliphatic rings. The van der Waals surface area contributed by atoms with Gasteiger partial charge in [0.1, 0.15) is 18.1 Å². The molecule has 8 heteroatoms. The van der Waals surface area contributed by atoms with Crippen LogP contribution in [-0.4, -0.2) is 53.0 Å². The highest BCUT2D eigenvalue weighted by Crippen LogP contribution is 2.33. The number of methoxy groups -OCH3 is 3. The van der Waals surface area contributed by atoms with E-state index in [1.807, 2.05) is 12.1 Å². The van der Waals surface area contributed by atoms with Gasteiger partial charge in [0.15, 0.2) is 11.5 Å². The topological polar surface area (TPSA) is 74.3 Å². The molecular formula is C20H25NO6S. The van der Waals surface area contributed by atoms with E-state index in [0.717, 1.165) is 16.9 Å². The van der Waals surface area contributed by atoms with E-state index in [0.29, 0.717) is 36.8 Å². The van der Waals surface area contributed by atoms with E-state index in [9.17, 15) is 8.42 Å². The van der Waals surface area contributed by atoms with Crippen LogP contribution in [0.3, 0.4) is 0 Å². The van der Waals surface area contributed by atoms with Crippen molar-refractivity contribution in [2.75, 3.05) is 40.2 Å². The minimum Gasteiger partial charge on any atom is -0.497 e. The van der Waals surface area contributed by atoms with Crippen LogP contribution in [0.5, 0.6) is 23.0 Å². The van der Waals surface area contributed by atoms with Crippen LogP contribution < -0.4 is 18.9 Å². The summed E-state index contributed by atoms with van der Waals surface area (Å²) < 4.78 is 48.3. The van der Waals surface area contributed by atoms with Gasteiger partial charge in [-0.05, 0) is 53.9 Å². The third kappa shape index (κ3) is 4.51. The molecule has 2 aromatic rings. The van der Waals surface area contributed by atoms with Crippen molar-refractivity contribution in [1.29, 1.82) is 0 Å². The van der Waals surface area contributed by atoms with Gasteiger partial charge in [-0.25, -0.2) is 8.42 Å². The highest BCUT2D eigenvalue weighted by molar-refractivity contribution is 7.89. The summed E-state index contributed by atoms with van der Waals surface area (Å²) in [7, 11) is 1.31. The van der Waals surface area contributed by atoms with Crippen molar-refractivity contribution in [3.63, 3.8) is 0 Å². The van der Waals surface area contributed by atoms with Crippen molar-refractivity contribution in [1.82, 2.24) is 4.31 Å². The maximum atomic E-state index is 12.7. The molecule has 2 aromatic carbocycles. The lowest BCUT2D eigenvalue weighted by molar-refractivity contribution is 0.329. The van der Waals surface area contributed by atoms with Crippen molar-refractivity contribution in [3.8, 4) is 23.0 Å². The van der Waals surface area contributed by atoms with Gasteiger partial charge < -0.3 is 18.9 Å². The Balaban J connectivity index is 1.63. The third-order valence-electron chi connectivity index (χ3n) is 4.75. The summed E-state index contributed by atoms with van der Waals surface area (Å²) >= 11 is 0. The Morgan fingerprint density at radius 1 is 0.893 bits per heavy atom. The summed E-state index contributed by atoms with van der Waals surface area (Å²) in [6.07, 6.45) is 0.633. The Labute approximate surface area is 165 Å². The SMILES string of the molecule is COc1ccc(OCCS(=O)(=O)N2CCc3cc(OC)c(OC)cc3C2)cc1. The highest BCUT2D eigenvalue weighted by Gasteiger charge is 2.27. The molecule has 0 aromatic heterocycles. The molecule has 1 aliphatic heterocycles. The molecule has 28 heavy (non-hydrogen) atoms. The molecule has 0 aliphatic carbocycles. The fourth-order valence-electron chi connectivity index (χ4n) is 3.16. The van der Waals surface area contributed by atoms with Gasteiger partial charge in [-0.1, -0.05) is 0 Å². The van der Waals surface area contributed by atoms with Crippen molar-refractivity contribution in [2.45, 2.75) is 13.0 Å². The molecule has 3 rings (SSSR count). The minimum atomic E-state index is -3.43. The lowest BCUT2D eigenvalue weighted by Crippen LogP contribution is -2.38. The molecule has 0 spiro atoms. The summed E-state index contributed by atoms with van der Waals surface area (Å²) in [5, 5.41) is 0. The van der Waals surface area contributed by atoms with E-state index in [1.165, 1.54) is 4.31 Å². The quantitative estimate of drug-likeness (QED) is 0.669. The number of sulfonamides is 1. The molecule has 1 heterocycles. The molecule has 152 valence electrons. The number of hydrogen-bond acceptors (Lipinski definition) is 6. The molecule has 0 unspecified atom stereocenters.